The summed E-state index contributed by atoms with van der Waals surface area (Å²) in [6.07, 6.45) is 4.49. The molecule has 14 heavy (non-hydrogen) atoms. The first-order valence-corrected chi connectivity index (χ1v) is 3.86. The van der Waals surface area contributed by atoms with Crippen molar-refractivity contribution in [2.75, 3.05) is 0 Å². The second-order valence-corrected chi connectivity index (χ2v) is 2.64. The zero-order valence-corrected chi connectivity index (χ0v) is 6.88. The predicted octanol–water partition coefficient (Wildman–Crippen LogP) is 0.403. The van der Waals surface area contributed by atoms with Crippen molar-refractivity contribution in [3.05, 3.63) is 18.8 Å². The summed E-state index contributed by atoms with van der Waals surface area (Å²) in [5, 5.41) is 7.07. The van der Waals surface area contributed by atoms with E-state index in [1.54, 1.807) is 6.20 Å². The Morgan fingerprint density at radius 1 is 1.36 bits per heavy atom. The number of nitrogens with zero attached hydrogens (tertiary/aromatic N) is 5. The summed E-state index contributed by atoms with van der Waals surface area (Å²) < 4.78 is 4.61. The van der Waals surface area contributed by atoms with E-state index >= 15 is 0 Å². The molecule has 3 rings (SSSR count). The summed E-state index contributed by atoms with van der Waals surface area (Å²) in [5.41, 5.74) is 1.89. The van der Waals surface area contributed by atoms with Crippen LogP contribution in [0.4, 0.5) is 0 Å². The quantitative estimate of drug-likeness (QED) is 0.594. The van der Waals surface area contributed by atoms with E-state index in [2.05, 4.69) is 34.8 Å². The first-order chi connectivity index (χ1) is 6.93. The van der Waals surface area contributed by atoms with Crippen LogP contribution in [0, 0.1) is 0 Å². The van der Waals surface area contributed by atoms with Crippen molar-refractivity contribution in [3.8, 4) is 11.5 Å². The zero-order valence-electron chi connectivity index (χ0n) is 6.88. The second-order valence-electron chi connectivity index (χ2n) is 2.64. The molecular formula is C7H4N6O. The Kier molecular flexibility index (Phi) is 1.32. The molecule has 0 unspecified atom stereocenters. The number of fused-ring (bicyclic) bond motifs is 1. The molecule has 0 amide bonds. The molecule has 0 saturated carbocycles. The highest BCUT2D eigenvalue weighted by atomic mass is 16.5. The molecule has 0 fully saturated rings. The van der Waals surface area contributed by atoms with E-state index in [0.29, 0.717) is 17.2 Å². The van der Waals surface area contributed by atoms with Crippen LogP contribution in [-0.2, 0) is 0 Å². The third kappa shape index (κ3) is 0.954. The molecule has 0 aliphatic rings. The number of aromatic nitrogens is 6. The predicted molar refractivity (Wildman–Crippen MR) is 45.0 cm³/mol. The van der Waals surface area contributed by atoms with Crippen molar-refractivity contribution < 1.29 is 4.52 Å². The minimum Gasteiger partial charge on any atom is -0.345 e. The molecule has 3 heterocycles. The third-order valence-corrected chi connectivity index (χ3v) is 1.76. The van der Waals surface area contributed by atoms with Gasteiger partial charge in [0.05, 0.1) is 6.20 Å². The van der Waals surface area contributed by atoms with Gasteiger partial charge in [-0.1, -0.05) is 0 Å². The number of H-pyrrole nitrogens is 1. The molecule has 0 aliphatic carbocycles. The average molecular weight is 188 g/mol. The molecule has 1 N–H and O–H groups in total. The fraction of sp³-hybridized carbons (Fsp3) is 0. The molecule has 0 saturated heterocycles. The van der Waals surface area contributed by atoms with Crippen LogP contribution in [0.5, 0.6) is 0 Å². The summed E-state index contributed by atoms with van der Waals surface area (Å²) in [6, 6.07) is 0. The van der Waals surface area contributed by atoms with Crippen molar-refractivity contribution in [1.82, 2.24) is 30.3 Å². The van der Waals surface area contributed by atoms with Gasteiger partial charge in [-0.25, -0.2) is 15.0 Å². The number of hydrogen-bond donors (Lipinski definition) is 1. The van der Waals surface area contributed by atoms with Gasteiger partial charge in [-0.3, -0.25) is 0 Å². The van der Waals surface area contributed by atoms with Crippen LogP contribution >= 0.6 is 0 Å². The number of aromatic amines is 1. The first kappa shape index (κ1) is 7.13. The zero-order chi connectivity index (χ0) is 9.38. The number of nitrogens with one attached hydrogen (secondary N) is 1. The lowest BCUT2D eigenvalue weighted by Gasteiger charge is -1.81. The Bertz CT molecular complexity index is 523. The molecule has 0 aliphatic heterocycles. The van der Waals surface area contributed by atoms with Gasteiger partial charge in [-0.2, -0.15) is 0 Å². The largest absolute Gasteiger partial charge is 0.345 e. The van der Waals surface area contributed by atoms with Crippen LogP contribution in [-0.4, -0.2) is 30.3 Å². The first-order valence-electron chi connectivity index (χ1n) is 3.86. The molecule has 0 spiro atoms. The van der Waals surface area contributed by atoms with Gasteiger partial charge in [-0.05, 0) is 0 Å². The van der Waals surface area contributed by atoms with Gasteiger partial charge in [0.15, 0.2) is 23.4 Å². The highest BCUT2D eigenvalue weighted by molar-refractivity contribution is 5.73. The van der Waals surface area contributed by atoms with Crippen LogP contribution < -0.4 is 0 Å². The van der Waals surface area contributed by atoms with Gasteiger partial charge in [0, 0.05) is 5.27 Å². The molecule has 0 atom stereocenters. The smallest absolute Gasteiger partial charge is 0.181 e. The molecule has 0 bridgehead atoms. The lowest BCUT2D eigenvalue weighted by atomic mass is 10.5. The van der Waals surface area contributed by atoms with Gasteiger partial charge >= 0.3 is 0 Å². The molecule has 3 aromatic heterocycles. The average Bonchev–Trinajstić information content (AvgIpc) is 2.86. The topological polar surface area (TPSA) is 93.4 Å². The summed E-state index contributed by atoms with van der Waals surface area (Å²) in [6.45, 7) is 0. The van der Waals surface area contributed by atoms with Gasteiger partial charge in [0.2, 0.25) is 0 Å². The third-order valence-electron chi connectivity index (χ3n) is 1.76. The van der Waals surface area contributed by atoms with Crippen molar-refractivity contribution in [2.45, 2.75) is 0 Å². The monoisotopic (exact) mass is 188 g/mol. The molecular weight excluding hydrogens is 184 g/mol. The van der Waals surface area contributed by atoms with E-state index in [0.717, 1.165) is 5.52 Å². The van der Waals surface area contributed by atoms with Crippen LogP contribution in [0.25, 0.3) is 22.7 Å². The lowest BCUT2D eigenvalue weighted by Crippen LogP contribution is -1.79. The summed E-state index contributed by atoms with van der Waals surface area (Å²) in [5.74, 6) is 0.571. The summed E-state index contributed by atoms with van der Waals surface area (Å²) in [4.78, 5) is 15.0. The van der Waals surface area contributed by atoms with Gasteiger partial charge < -0.3 is 9.51 Å². The summed E-state index contributed by atoms with van der Waals surface area (Å²) >= 11 is 0. The van der Waals surface area contributed by atoms with Crippen molar-refractivity contribution in [2.24, 2.45) is 0 Å². The molecule has 0 radical (unpaired) electrons. The highest BCUT2D eigenvalue weighted by Crippen LogP contribution is 2.15. The van der Waals surface area contributed by atoms with Crippen LogP contribution in [0.15, 0.2) is 23.3 Å². The fourth-order valence-corrected chi connectivity index (χ4v) is 1.15. The molecule has 68 valence electrons. The SMILES string of the molecule is c1ncc2[nH]c(-c3conn3)nc2n1. The highest BCUT2D eigenvalue weighted by Gasteiger charge is 2.08. The number of hydrogen-bond acceptors (Lipinski definition) is 6. The fourth-order valence-electron chi connectivity index (χ4n) is 1.15. The van der Waals surface area contributed by atoms with E-state index in [9.17, 15) is 0 Å². The maximum Gasteiger partial charge on any atom is 0.181 e. The molecule has 7 nitrogen and oxygen atoms in total. The minimum absolute atomic E-state index is 0.544. The van der Waals surface area contributed by atoms with E-state index in [1.807, 2.05) is 0 Å². The normalized spacial score (nSPS) is 10.9. The van der Waals surface area contributed by atoms with E-state index in [4.69, 9.17) is 0 Å². The maximum atomic E-state index is 4.61. The Balaban J connectivity index is 2.24. The van der Waals surface area contributed by atoms with Crippen molar-refractivity contribution >= 4 is 11.2 Å². The Morgan fingerprint density at radius 2 is 2.36 bits per heavy atom. The maximum absolute atomic E-state index is 4.61. The van der Waals surface area contributed by atoms with E-state index < -0.39 is 0 Å². The number of imidazole rings is 1. The van der Waals surface area contributed by atoms with Gasteiger partial charge in [0.25, 0.3) is 0 Å². The molecule has 3 aromatic rings. The van der Waals surface area contributed by atoms with Crippen LogP contribution in [0.2, 0.25) is 0 Å². The second kappa shape index (κ2) is 2.59. The van der Waals surface area contributed by atoms with Crippen LogP contribution in [0.1, 0.15) is 0 Å². The van der Waals surface area contributed by atoms with Crippen molar-refractivity contribution in [1.29, 1.82) is 0 Å². The summed E-state index contributed by atoms with van der Waals surface area (Å²) in [7, 11) is 0. The molecule has 7 heteroatoms. The Labute approximate surface area is 77.2 Å². The lowest BCUT2D eigenvalue weighted by molar-refractivity contribution is 0.393. The Morgan fingerprint density at radius 3 is 3.14 bits per heavy atom. The molecule has 0 aromatic carbocycles. The number of rotatable bonds is 1. The van der Waals surface area contributed by atoms with Crippen LogP contribution in [0.3, 0.4) is 0 Å². The van der Waals surface area contributed by atoms with E-state index in [1.165, 1.54) is 12.6 Å². The standard InChI is InChI=1S/C7H4N6O/c1-4-6(9-3-8-1)11-7(10-4)5-2-14-13-12-5/h1-3H,(H,8,9,10,11). The Hall–Kier alpha value is -2.31. The van der Waals surface area contributed by atoms with E-state index in [-0.39, 0.29) is 0 Å². The van der Waals surface area contributed by atoms with Crippen molar-refractivity contribution in [3.63, 3.8) is 0 Å². The van der Waals surface area contributed by atoms with Gasteiger partial charge in [-0.15, -0.1) is 5.10 Å². The minimum atomic E-state index is 0.544. The van der Waals surface area contributed by atoms with Gasteiger partial charge in [0.1, 0.15) is 11.8 Å².